The Balaban J connectivity index is 2.39. The summed E-state index contributed by atoms with van der Waals surface area (Å²) in [5.41, 5.74) is 0.738. The van der Waals surface area contributed by atoms with Gasteiger partial charge in [0.2, 0.25) is 5.56 Å². The lowest BCUT2D eigenvalue weighted by Gasteiger charge is -2.13. The number of anilines is 1. The maximum atomic E-state index is 12.3. The van der Waals surface area contributed by atoms with Gasteiger partial charge in [0, 0.05) is 29.4 Å². The molecule has 0 aliphatic heterocycles. The molecule has 0 unspecified atom stereocenters. The normalized spacial score (nSPS) is 11.3. The Morgan fingerprint density at radius 2 is 2.05 bits per heavy atom. The molecule has 2 aromatic rings. The molecule has 6 nitrogen and oxygen atoms in total. The summed E-state index contributed by atoms with van der Waals surface area (Å²) in [5.74, 6) is 0. The van der Waals surface area contributed by atoms with Crippen molar-refractivity contribution in [2.24, 2.45) is 0 Å². The summed E-state index contributed by atoms with van der Waals surface area (Å²) in [5, 5.41) is 0. The molecule has 0 bridgehead atoms. The third-order valence-electron chi connectivity index (χ3n) is 2.72. The molecule has 0 saturated heterocycles. The summed E-state index contributed by atoms with van der Waals surface area (Å²) in [6.07, 6.45) is 1.15. The highest BCUT2D eigenvalue weighted by atomic mass is 79.9. The topological polar surface area (TPSA) is 88.3 Å². The van der Waals surface area contributed by atoms with Gasteiger partial charge in [0.05, 0.1) is 12.3 Å². The second-order valence-corrected chi connectivity index (χ2v) is 6.73. The monoisotopic (exact) mass is 372 g/mol. The number of hydrogen-bond donors (Lipinski definition) is 2. The molecule has 0 spiro atoms. The Kier molecular flexibility index (Phi) is 4.81. The van der Waals surface area contributed by atoms with Gasteiger partial charge in [-0.2, -0.15) is 0 Å². The van der Waals surface area contributed by atoms with E-state index in [2.05, 4.69) is 25.6 Å². The van der Waals surface area contributed by atoms with E-state index >= 15 is 0 Å². The third kappa shape index (κ3) is 3.72. The summed E-state index contributed by atoms with van der Waals surface area (Å²) in [6, 6.07) is 7.56. The molecule has 1 aromatic heterocycles. The van der Waals surface area contributed by atoms with E-state index in [1.165, 1.54) is 13.2 Å². The van der Waals surface area contributed by atoms with Crippen LogP contribution in [0.3, 0.4) is 0 Å². The van der Waals surface area contributed by atoms with Crippen LogP contribution in [0.2, 0.25) is 0 Å². The van der Waals surface area contributed by atoms with Gasteiger partial charge in [0.25, 0.3) is 10.0 Å². The minimum absolute atomic E-state index is 0.0227. The van der Waals surface area contributed by atoms with Crippen LogP contribution in [0.25, 0.3) is 0 Å². The molecular formula is C13H13BrN2O4S. The number of H-pyrrole nitrogens is 1. The van der Waals surface area contributed by atoms with Gasteiger partial charge in [-0.3, -0.25) is 9.52 Å². The maximum Gasteiger partial charge on any atom is 0.263 e. The van der Waals surface area contributed by atoms with Crippen molar-refractivity contribution in [1.29, 1.82) is 0 Å². The van der Waals surface area contributed by atoms with Crippen molar-refractivity contribution < 1.29 is 13.2 Å². The van der Waals surface area contributed by atoms with Gasteiger partial charge in [-0.15, -0.1) is 0 Å². The molecule has 112 valence electrons. The maximum absolute atomic E-state index is 12.3. The molecule has 0 atom stereocenters. The van der Waals surface area contributed by atoms with Crippen LogP contribution in [0.1, 0.15) is 5.56 Å². The largest absolute Gasteiger partial charge is 0.380 e. The number of aromatic amines is 1. The molecule has 0 saturated carbocycles. The van der Waals surface area contributed by atoms with E-state index in [0.29, 0.717) is 11.3 Å². The number of sulfonamides is 1. The number of rotatable bonds is 5. The van der Waals surface area contributed by atoms with Gasteiger partial charge in [0.15, 0.2) is 0 Å². The van der Waals surface area contributed by atoms with Crippen molar-refractivity contribution in [1.82, 2.24) is 4.98 Å². The lowest BCUT2D eigenvalue weighted by atomic mass is 10.2. The fraction of sp³-hybridized carbons (Fsp3) is 0.154. The molecule has 0 aliphatic carbocycles. The minimum atomic E-state index is -3.78. The van der Waals surface area contributed by atoms with E-state index in [-0.39, 0.29) is 17.1 Å². The molecule has 1 heterocycles. The van der Waals surface area contributed by atoms with E-state index in [9.17, 15) is 13.2 Å². The number of aromatic nitrogens is 1. The zero-order valence-corrected chi connectivity index (χ0v) is 13.5. The Hall–Kier alpha value is -1.64. The van der Waals surface area contributed by atoms with Crippen molar-refractivity contribution in [2.45, 2.75) is 11.5 Å². The van der Waals surface area contributed by atoms with E-state index in [1.807, 2.05) is 0 Å². The first kappa shape index (κ1) is 15.7. The molecule has 21 heavy (non-hydrogen) atoms. The minimum Gasteiger partial charge on any atom is -0.380 e. The van der Waals surface area contributed by atoms with Crippen molar-refractivity contribution in [3.05, 3.63) is 56.9 Å². The first-order valence-electron chi connectivity index (χ1n) is 5.92. The summed E-state index contributed by atoms with van der Waals surface area (Å²) in [4.78, 5) is 13.3. The lowest BCUT2D eigenvalue weighted by Crippen LogP contribution is -2.16. The van der Waals surface area contributed by atoms with Crippen LogP contribution in [0.5, 0.6) is 0 Å². The van der Waals surface area contributed by atoms with Crippen LogP contribution in [0.15, 0.2) is 50.7 Å². The van der Waals surface area contributed by atoms with E-state index in [4.69, 9.17) is 4.74 Å². The second kappa shape index (κ2) is 6.42. The number of pyridine rings is 1. The van der Waals surface area contributed by atoms with Crippen LogP contribution >= 0.6 is 15.9 Å². The van der Waals surface area contributed by atoms with Crippen LogP contribution < -0.4 is 10.3 Å². The van der Waals surface area contributed by atoms with E-state index < -0.39 is 10.0 Å². The second-order valence-electron chi connectivity index (χ2n) is 4.19. The van der Waals surface area contributed by atoms with Crippen molar-refractivity contribution >= 4 is 31.6 Å². The summed E-state index contributed by atoms with van der Waals surface area (Å²) in [6.45, 7) is 0.255. The quantitative estimate of drug-likeness (QED) is 0.840. The lowest BCUT2D eigenvalue weighted by molar-refractivity contribution is 0.185. The number of hydrogen-bond acceptors (Lipinski definition) is 4. The zero-order chi connectivity index (χ0) is 15.5. The van der Waals surface area contributed by atoms with Gasteiger partial charge >= 0.3 is 0 Å². The average molecular weight is 373 g/mol. The SMILES string of the molecule is COCc1c(Br)cccc1NS(=O)(=O)c1ccc(=O)[nH]c1. The number of methoxy groups -OCH3 is 1. The Labute approximate surface area is 130 Å². The molecule has 0 fully saturated rings. The Morgan fingerprint density at radius 3 is 2.67 bits per heavy atom. The standard InChI is InChI=1S/C13H13BrN2O4S/c1-20-8-10-11(14)3-2-4-12(10)16-21(18,19)9-5-6-13(17)15-7-9/h2-7,16H,8H2,1H3,(H,15,17). The first-order chi connectivity index (χ1) is 9.94. The number of halogens is 1. The summed E-state index contributed by atoms with van der Waals surface area (Å²) >= 11 is 3.36. The number of ether oxygens (including phenoxy) is 1. The van der Waals surface area contributed by atoms with E-state index in [1.54, 1.807) is 18.2 Å². The molecule has 8 heteroatoms. The van der Waals surface area contributed by atoms with Gasteiger partial charge < -0.3 is 9.72 Å². The fourth-order valence-corrected chi connectivity index (χ4v) is 3.25. The highest BCUT2D eigenvalue weighted by Gasteiger charge is 2.17. The first-order valence-corrected chi connectivity index (χ1v) is 8.19. The smallest absolute Gasteiger partial charge is 0.263 e. The van der Waals surface area contributed by atoms with E-state index in [0.717, 1.165) is 16.7 Å². The predicted molar refractivity (Wildman–Crippen MR) is 82.7 cm³/mol. The average Bonchev–Trinajstić information content (AvgIpc) is 2.43. The zero-order valence-electron chi connectivity index (χ0n) is 11.1. The molecule has 1 aromatic carbocycles. The van der Waals surface area contributed by atoms with Gasteiger partial charge in [-0.25, -0.2) is 8.42 Å². The summed E-state index contributed by atoms with van der Waals surface area (Å²) in [7, 11) is -2.26. The molecule has 0 aliphatic rings. The highest BCUT2D eigenvalue weighted by Crippen LogP contribution is 2.27. The fourth-order valence-electron chi connectivity index (χ4n) is 1.71. The summed E-state index contributed by atoms with van der Waals surface area (Å²) < 4.78 is 32.9. The predicted octanol–water partition coefficient (Wildman–Crippen LogP) is 2.08. The van der Waals surface area contributed by atoms with Crippen molar-refractivity contribution in [3.63, 3.8) is 0 Å². The van der Waals surface area contributed by atoms with Gasteiger partial charge in [0.1, 0.15) is 4.90 Å². The molecular weight excluding hydrogens is 360 g/mol. The number of benzene rings is 1. The third-order valence-corrected chi connectivity index (χ3v) is 4.82. The van der Waals surface area contributed by atoms with Crippen LogP contribution in [-0.4, -0.2) is 20.5 Å². The Bertz CT molecular complexity index is 782. The van der Waals surface area contributed by atoms with Crippen LogP contribution in [-0.2, 0) is 21.4 Å². The number of nitrogens with one attached hydrogen (secondary N) is 2. The molecule has 2 N–H and O–H groups in total. The molecule has 2 rings (SSSR count). The van der Waals surface area contributed by atoms with Crippen molar-refractivity contribution in [2.75, 3.05) is 11.8 Å². The molecule has 0 amide bonds. The molecule has 0 radical (unpaired) electrons. The van der Waals surface area contributed by atoms with Crippen LogP contribution in [0, 0.1) is 0 Å². The van der Waals surface area contributed by atoms with Gasteiger partial charge in [-0.05, 0) is 18.2 Å². The van der Waals surface area contributed by atoms with Gasteiger partial charge in [-0.1, -0.05) is 22.0 Å². The highest BCUT2D eigenvalue weighted by molar-refractivity contribution is 9.10. The Morgan fingerprint density at radius 1 is 1.29 bits per heavy atom. The van der Waals surface area contributed by atoms with Crippen LogP contribution in [0.4, 0.5) is 5.69 Å². The van der Waals surface area contributed by atoms with Crippen molar-refractivity contribution in [3.8, 4) is 0 Å².